The molecule has 1 fully saturated rings. The minimum atomic E-state index is -0.409. The number of Topliss-reactive ketones (excluding diaryl/α,β-unsaturated/α-hetero) is 1. The van der Waals surface area contributed by atoms with Crippen LogP contribution in [-0.4, -0.2) is 41.8 Å². The van der Waals surface area contributed by atoms with E-state index in [1.807, 2.05) is 0 Å². The lowest BCUT2D eigenvalue weighted by Gasteiger charge is -2.21. The van der Waals surface area contributed by atoms with Crippen molar-refractivity contribution < 1.29 is 14.3 Å². The number of hydrogen-bond donors (Lipinski definition) is 0. The molecule has 0 N–H and O–H groups in total. The second-order valence-electron chi connectivity index (χ2n) is 3.15. The number of ether oxygens (including phenoxy) is 1. The first kappa shape index (κ1) is 11.3. The molecular formula is C9H14ClNO3. The molecule has 0 bridgehead atoms. The second kappa shape index (κ2) is 5.20. The molecule has 80 valence electrons. The van der Waals surface area contributed by atoms with Crippen molar-refractivity contribution in [3.05, 3.63) is 0 Å². The maximum atomic E-state index is 11.4. The lowest BCUT2D eigenvalue weighted by Crippen LogP contribution is -2.41. The summed E-state index contributed by atoms with van der Waals surface area (Å²) in [6, 6.07) is -0.369. The Balaban J connectivity index is 2.59. The van der Waals surface area contributed by atoms with Gasteiger partial charge in [0.15, 0.2) is 5.78 Å². The molecule has 0 aromatic rings. The van der Waals surface area contributed by atoms with E-state index in [2.05, 4.69) is 0 Å². The average Bonchev–Trinajstić information content (AvgIpc) is 2.65. The summed E-state index contributed by atoms with van der Waals surface area (Å²) in [7, 11) is 0. The third-order valence-electron chi connectivity index (χ3n) is 2.26. The van der Waals surface area contributed by atoms with Gasteiger partial charge >= 0.3 is 6.09 Å². The van der Waals surface area contributed by atoms with Gasteiger partial charge in [-0.25, -0.2) is 4.79 Å². The van der Waals surface area contributed by atoms with E-state index in [4.69, 9.17) is 16.3 Å². The lowest BCUT2D eigenvalue weighted by atomic mass is 10.1. The van der Waals surface area contributed by atoms with Gasteiger partial charge in [-0.05, 0) is 19.8 Å². The van der Waals surface area contributed by atoms with Crippen LogP contribution in [0.15, 0.2) is 0 Å². The summed E-state index contributed by atoms with van der Waals surface area (Å²) in [5, 5.41) is 0. The number of carbonyl (C=O) groups is 2. The fraction of sp³-hybridized carbons (Fsp3) is 0.778. The minimum Gasteiger partial charge on any atom is -0.450 e. The highest BCUT2D eigenvalue weighted by molar-refractivity contribution is 6.28. The third kappa shape index (κ3) is 2.38. The maximum absolute atomic E-state index is 11.4. The molecule has 0 radical (unpaired) electrons. The van der Waals surface area contributed by atoms with Crippen LogP contribution in [-0.2, 0) is 9.53 Å². The molecule has 4 nitrogen and oxygen atoms in total. The lowest BCUT2D eigenvalue weighted by molar-refractivity contribution is -0.120. The Kier molecular flexibility index (Phi) is 4.20. The molecule has 0 saturated carbocycles. The molecule has 1 heterocycles. The number of hydrogen-bond acceptors (Lipinski definition) is 3. The van der Waals surface area contributed by atoms with Gasteiger partial charge < -0.3 is 4.74 Å². The second-order valence-corrected chi connectivity index (χ2v) is 3.42. The highest BCUT2D eigenvalue weighted by Gasteiger charge is 2.33. The van der Waals surface area contributed by atoms with Crippen LogP contribution in [0.3, 0.4) is 0 Å². The average molecular weight is 220 g/mol. The van der Waals surface area contributed by atoms with Crippen LogP contribution >= 0.6 is 11.6 Å². The van der Waals surface area contributed by atoms with Crippen molar-refractivity contribution in [3.63, 3.8) is 0 Å². The number of halogens is 1. The molecule has 1 saturated heterocycles. The van der Waals surface area contributed by atoms with E-state index in [0.717, 1.165) is 6.42 Å². The molecule has 0 spiro atoms. The van der Waals surface area contributed by atoms with Crippen molar-refractivity contribution in [3.8, 4) is 0 Å². The SMILES string of the molecule is CCOC(=O)N1CCCC1C(=O)CCl. The number of rotatable bonds is 3. The van der Waals surface area contributed by atoms with E-state index >= 15 is 0 Å². The summed E-state index contributed by atoms with van der Waals surface area (Å²) in [5.74, 6) is -0.141. The van der Waals surface area contributed by atoms with Gasteiger partial charge in [-0.15, -0.1) is 11.6 Å². The molecule has 1 unspecified atom stereocenters. The fourth-order valence-electron chi connectivity index (χ4n) is 1.62. The largest absolute Gasteiger partial charge is 0.450 e. The van der Waals surface area contributed by atoms with Crippen LogP contribution in [0.1, 0.15) is 19.8 Å². The van der Waals surface area contributed by atoms with E-state index in [1.54, 1.807) is 6.92 Å². The Hall–Kier alpha value is -0.770. The predicted molar refractivity (Wildman–Crippen MR) is 52.5 cm³/mol. The smallest absolute Gasteiger partial charge is 0.410 e. The Labute approximate surface area is 88.2 Å². The van der Waals surface area contributed by atoms with Crippen LogP contribution in [0, 0.1) is 0 Å². The van der Waals surface area contributed by atoms with Gasteiger partial charge in [-0.2, -0.15) is 0 Å². The van der Waals surface area contributed by atoms with Crippen molar-refractivity contribution in [2.45, 2.75) is 25.8 Å². The van der Waals surface area contributed by atoms with Gasteiger partial charge in [0.1, 0.15) is 0 Å². The molecule has 0 aromatic carbocycles. The molecule has 1 aliphatic heterocycles. The van der Waals surface area contributed by atoms with Gasteiger partial charge in [0.05, 0.1) is 18.5 Å². The highest BCUT2D eigenvalue weighted by atomic mass is 35.5. The van der Waals surface area contributed by atoms with Crippen LogP contribution in [0.2, 0.25) is 0 Å². The maximum Gasteiger partial charge on any atom is 0.410 e. The minimum absolute atomic E-state index is 0.0411. The molecule has 1 aliphatic rings. The first-order valence-electron chi connectivity index (χ1n) is 4.72. The summed E-state index contributed by atoms with van der Waals surface area (Å²) in [5.41, 5.74) is 0. The first-order chi connectivity index (χ1) is 6.70. The van der Waals surface area contributed by atoms with Crippen molar-refractivity contribution in [1.29, 1.82) is 0 Å². The zero-order chi connectivity index (χ0) is 10.6. The van der Waals surface area contributed by atoms with Gasteiger partial charge in [0.25, 0.3) is 0 Å². The van der Waals surface area contributed by atoms with Crippen LogP contribution < -0.4 is 0 Å². The Morgan fingerprint density at radius 1 is 1.57 bits per heavy atom. The van der Waals surface area contributed by atoms with Gasteiger partial charge in [-0.1, -0.05) is 0 Å². The van der Waals surface area contributed by atoms with E-state index in [-0.39, 0.29) is 17.7 Å². The first-order valence-corrected chi connectivity index (χ1v) is 5.26. The predicted octanol–water partition coefficient (Wildman–Crippen LogP) is 1.42. The fourth-order valence-corrected chi connectivity index (χ4v) is 1.79. The van der Waals surface area contributed by atoms with E-state index < -0.39 is 6.09 Å². The third-order valence-corrected chi connectivity index (χ3v) is 2.52. The van der Waals surface area contributed by atoms with Gasteiger partial charge in [0.2, 0.25) is 0 Å². The molecular weight excluding hydrogens is 206 g/mol. The molecule has 0 aliphatic carbocycles. The standard InChI is InChI=1S/C9H14ClNO3/c1-2-14-9(13)11-5-3-4-7(11)8(12)6-10/h7H,2-6H2,1H3. The molecule has 1 atom stereocenters. The van der Waals surface area contributed by atoms with Crippen molar-refractivity contribution in [2.24, 2.45) is 0 Å². The number of ketones is 1. The van der Waals surface area contributed by atoms with Crippen molar-refractivity contribution in [1.82, 2.24) is 4.90 Å². The molecule has 1 rings (SSSR count). The zero-order valence-electron chi connectivity index (χ0n) is 8.16. The van der Waals surface area contributed by atoms with Gasteiger partial charge in [-0.3, -0.25) is 9.69 Å². The Morgan fingerprint density at radius 2 is 2.29 bits per heavy atom. The quantitative estimate of drug-likeness (QED) is 0.675. The summed E-state index contributed by atoms with van der Waals surface area (Å²) < 4.78 is 4.84. The van der Waals surface area contributed by atoms with Crippen LogP contribution in [0.4, 0.5) is 4.79 Å². The Bertz CT molecular complexity index is 232. The molecule has 1 amide bonds. The number of nitrogens with zero attached hydrogens (tertiary/aromatic N) is 1. The summed E-state index contributed by atoms with van der Waals surface area (Å²) in [4.78, 5) is 24.2. The van der Waals surface area contributed by atoms with E-state index in [0.29, 0.717) is 19.6 Å². The van der Waals surface area contributed by atoms with E-state index in [9.17, 15) is 9.59 Å². The number of alkyl halides is 1. The normalized spacial score (nSPS) is 21.0. The zero-order valence-corrected chi connectivity index (χ0v) is 8.92. The summed E-state index contributed by atoms with van der Waals surface area (Å²) in [6.07, 6.45) is 1.13. The van der Waals surface area contributed by atoms with E-state index in [1.165, 1.54) is 4.90 Å². The molecule has 14 heavy (non-hydrogen) atoms. The summed E-state index contributed by atoms with van der Waals surface area (Å²) in [6.45, 7) is 2.66. The Morgan fingerprint density at radius 3 is 2.86 bits per heavy atom. The van der Waals surface area contributed by atoms with Crippen LogP contribution in [0.25, 0.3) is 0 Å². The van der Waals surface area contributed by atoms with Crippen molar-refractivity contribution in [2.75, 3.05) is 19.0 Å². The van der Waals surface area contributed by atoms with Crippen LogP contribution in [0.5, 0.6) is 0 Å². The van der Waals surface area contributed by atoms with Gasteiger partial charge in [0, 0.05) is 6.54 Å². The summed E-state index contributed by atoms with van der Waals surface area (Å²) >= 11 is 5.45. The highest BCUT2D eigenvalue weighted by Crippen LogP contribution is 2.19. The molecule has 0 aromatic heterocycles. The number of carbonyl (C=O) groups excluding carboxylic acids is 2. The topological polar surface area (TPSA) is 46.6 Å². The number of likely N-dealkylation sites (tertiary alicyclic amines) is 1. The number of amides is 1. The monoisotopic (exact) mass is 219 g/mol. The molecule has 5 heteroatoms. The van der Waals surface area contributed by atoms with Crippen molar-refractivity contribution >= 4 is 23.5 Å².